The summed E-state index contributed by atoms with van der Waals surface area (Å²) in [5, 5.41) is 1.12. The second kappa shape index (κ2) is 7.02. The van der Waals surface area contributed by atoms with Crippen LogP contribution < -0.4 is 5.32 Å². The van der Waals surface area contributed by atoms with Gasteiger partial charge in [-0.1, -0.05) is 12.1 Å². The number of hydrogen-bond acceptors (Lipinski definition) is 1. The summed E-state index contributed by atoms with van der Waals surface area (Å²) in [4.78, 5) is 0. The summed E-state index contributed by atoms with van der Waals surface area (Å²) in [5.74, 6) is 0. The van der Waals surface area contributed by atoms with Crippen molar-refractivity contribution < 1.29 is 52.7 Å². The first kappa shape index (κ1) is 22.7. The van der Waals surface area contributed by atoms with Gasteiger partial charge in [0.2, 0.25) is 0 Å². The molecule has 0 aliphatic carbocycles. The highest BCUT2D eigenvalue weighted by molar-refractivity contribution is 5.73. The normalized spacial score (nSPS) is 13.5. The van der Waals surface area contributed by atoms with E-state index in [1.54, 1.807) is 0 Å². The summed E-state index contributed by atoms with van der Waals surface area (Å²) in [5.41, 5.74) is -12.3. The Morgan fingerprint density at radius 1 is 0.414 bits per heavy atom. The highest BCUT2D eigenvalue weighted by Gasteiger charge is 2.44. The lowest BCUT2D eigenvalue weighted by Crippen LogP contribution is -2.19. The number of benzene rings is 2. The van der Waals surface area contributed by atoms with Crippen LogP contribution in [0.25, 0.3) is 0 Å². The van der Waals surface area contributed by atoms with Gasteiger partial charge in [0.1, 0.15) is 0 Å². The third kappa shape index (κ3) is 4.88. The third-order valence-electron chi connectivity index (χ3n) is 3.60. The molecule has 0 bridgehead atoms. The zero-order chi connectivity index (χ0) is 22.4. The number of rotatable bonds is 2. The molecule has 13 heteroatoms. The SMILES string of the molecule is FC(F)(F)c1cccc(C(F)(F)F)c1Nc1c(C(F)(F)F)cccc1C(F)(F)F. The summed E-state index contributed by atoms with van der Waals surface area (Å²) in [6.45, 7) is 0. The molecule has 0 saturated heterocycles. The minimum atomic E-state index is -5.50. The molecule has 0 fully saturated rings. The van der Waals surface area contributed by atoms with Crippen molar-refractivity contribution in [2.24, 2.45) is 0 Å². The van der Waals surface area contributed by atoms with Gasteiger partial charge in [-0.3, -0.25) is 0 Å². The van der Waals surface area contributed by atoms with Crippen LogP contribution in [0.4, 0.5) is 64.1 Å². The third-order valence-corrected chi connectivity index (χ3v) is 3.60. The quantitative estimate of drug-likeness (QED) is 0.476. The molecule has 0 saturated carbocycles. The van der Waals surface area contributed by atoms with Gasteiger partial charge in [-0.15, -0.1) is 0 Å². The molecule has 29 heavy (non-hydrogen) atoms. The predicted octanol–water partition coefficient (Wildman–Crippen LogP) is 7.51. The summed E-state index contributed by atoms with van der Waals surface area (Å²) in [6, 6.07) is 1.05. The monoisotopic (exact) mass is 441 g/mol. The van der Waals surface area contributed by atoms with Crippen molar-refractivity contribution in [2.75, 3.05) is 5.32 Å². The zero-order valence-corrected chi connectivity index (χ0v) is 13.5. The Balaban J connectivity index is 2.88. The molecule has 0 unspecified atom stereocenters. The van der Waals surface area contributed by atoms with E-state index in [-0.39, 0.29) is 24.3 Å². The smallest absolute Gasteiger partial charge is 0.354 e. The van der Waals surface area contributed by atoms with Crippen molar-refractivity contribution >= 4 is 11.4 Å². The molecule has 0 radical (unpaired) electrons. The first-order valence-electron chi connectivity index (χ1n) is 7.26. The van der Waals surface area contributed by atoms with Crippen molar-refractivity contribution in [1.29, 1.82) is 0 Å². The minimum absolute atomic E-state index is 0.0983. The lowest BCUT2D eigenvalue weighted by atomic mass is 10.0. The number of anilines is 2. The Bertz CT molecular complexity index is 749. The molecular weight excluding hydrogens is 434 g/mol. The van der Waals surface area contributed by atoms with E-state index in [1.165, 1.54) is 0 Å². The van der Waals surface area contributed by atoms with E-state index >= 15 is 0 Å². The average Bonchev–Trinajstić information content (AvgIpc) is 2.51. The first-order chi connectivity index (χ1) is 12.9. The highest BCUT2D eigenvalue weighted by Crippen LogP contribution is 2.48. The van der Waals surface area contributed by atoms with Crippen molar-refractivity contribution in [2.45, 2.75) is 24.7 Å². The van der Waals surface area contributed by atoms with E-state index in [2.05, 4.69) is 0 Å². The predicted molar refractivity (Wildman–Crippen MR) is 76.2 cm³/mol. The van der Waals surface area contributed by atoms with Crippen molar-refractivity contribution in [3.05, 3.63) is 58.7 Å². The lowest BCUT2D eigenvalue weighted by Gasteiger charge is -2.24. The fraction of sp³-hybridized carbons (Fsp3) is 0.250. The van der Waals surface area contributed by atoms with Crippen LogP contribution in [-0.4, -0.2) is 0 Å². The summed E-state index contributed by atoms with van der Waals surface area (Å²) < 4.78 is 158. The van der Waals surface area contributed by atoms with Gasteiger partial charge in [0.05, 0.1) is 33.6 Å². The van der Waals surface area contributed by atoms with E-state index in [9.17, 15) is 52.7 Å². The maximum atomic E-state index is 13.1. The summed E-state index contributed by atoms with van der Waals surface area (Å²) in [7, 11) is 0. The van der Waals surface area contributed by atoms with Gasteiger partial charge in [0.15, 0.2) is 0 Å². The van der Waals surface area contributed by atoms with E-state index < -0.39 is 58.3 Å². The van der Waals surface area contributed by atoms with Crippen molar-refractivity contribution in [3.8, 4) is 0 Å². The molecule has 1 N–H and O–H groups in total. The van der Waals surface area contributed by atoms with Gasteiger partial charge in [0, 0.05) is 0 Å². The van der Waals surface area contributed by atoms with Crippen LogP contribution >= 0.6 is 0 Å². The van der Waals surface area contributed by atoms with Gasteiger partial charge in [-0.2, -0.15) is 52.7 Å². The van der Waals surface area contributed by atoms with Crippen LogP contribution in [-0.2, 0) is 24.7 Å². The lowest BCUT2D eigenvalue weighted by molar-refractivity contribution is -0.142. The largest absolute Gasteiger partial charge is 0.418 e. The van der Waals surface area contributed by atoms with Crippen LogP contribution in [0.15, 0.2) is 36.4 Å². The van der Waals surface area contributed by atoms with Crippen LogP contribution in [0.1, 0.15) is 22.3 Å². The molecule has 0 aromatic heterocycles. The molecule has 2 rings (SSSR count). The maximum Gasteiger partial charge on any atom is 0.418 e. The molecule has 2 aromatic carbocycles. The van der Waals surface area contributed by atoms with E-state index in [4.69, 9.17) is 0 Å². The molecule has 2 aromatic rings. The Morgan fingerprint density at radius 2 is 0.621 bits per heavy atom. The molecule has 160 valence electrons. The number of hydrogen-bond donors (Lipinski definition) is 1. The Hall–Kier alpha value is -2.60. The number of halogens is 12. The van der Waals surface area contributed by atoms with Gasteiger partial charge in [-0.25, -0.2) is 0 Å². The van der Waals surface area contributed by atoms with Gasteiger partial charge < -0.3 is 5.32 Å². The fourth-order valence-electron chi connectivity index (χ4n) is 2.44. The zero-order valence-electron chi connectivity index (χ0n) is 13.5. The molecule has 0 amide bonds. The average molecular weight is 441 g/mol. The van der Waals surface area contributed by atoms with Gasteiger partial charge >= 0.3 is 24.7 Å². The second-order valence-electron chi connectivity index (χ2n) is 5.57. The van der Waals surface area contributed by atoms with E-state index in [1.807, 2.05) is 0 Å². The van der Waals surface area contributed by atoms with Crippen LogP contribution in [0.2, 0.25) is 0 Å². The van der Waals surface area contributed by atoms with E-state index in [0.29, 0.717) is 12.1 Å². The minimum Gasteiger partial charge on any atom is -0.354 e. The molecule has 0 spiro atoms. The molecule has 1 nitrogen and oxygen atoms in total. The summed E-state index contributed by atoms with van der Waals surface area (Å²) in [6.07, 6.45) is -22.0. The first-order valence-corrected chi connectivity index (χ1v) is 7.26. The summed E-state index contributed by atoms with van der Waals surface area (Å²) >= 11 is 0. The number of alkyl halides is 12. The van der Waals surface area contributed by atoms with E-state index in [0.717, 1.165) is 5.32 Å². The molecule has 0 aliphatic heterocycles. The van der Waals surface area contributed by atoms with Crippen LogP contribution in [0, 0.1) is 0 Å². The fourth-order valence-corrected chi connectivity index (χ4v) is 2.44. The van der Waals surface area contributed by atoms with Crippen molar-refractivity contribution in [1.82, 2.24) is 0 Å². The maximum absolute atomic E-state index is 13.1. The molecule has 0 atom stereocenters. The second-order valence-corrected chi connectivity index (χ2v) is 5.57. The van der Waals surface area contributed by atoms with Crippen LogP contribution in [0.5, 0.6) is 0 Å². The van der Waals surface area contributed by atoms with Gasteiger partial charge in [-0.05, 0) is 24.3 Å². The Morgan fingerprint density at radius 3 is 0.793 bits per heavy atom. The van der Waals surface area contributed by atoms with Gasteiger partial charge in [0.25, 0.3) is 0 Å². The van der Waals surface area contributed by atoms with Crippen LogP contribution in [0.3, 0.4) is 0 Å². The molecule has 0 heterocycles. The number of nitrogens with one attached hydrogen (secondary N) is 1. The number of para-hydroxylation sites is 2. The Labute approximate surface area is 153 Å². The standard InChI is InChI=1S/C16H7F12N/c17-13(18,19)7-3-1-4-8(14(20,21)22)11(7)29-12-9(15(23,24)25)5-2-6-10(12)16(26,27)28/h1-6,29H. The highest BCUT2D eigenvalue weighted by atomic mass is 19.4. The van der Waals surface area contributed by atoms with Crippen molar-refractivity contribution in [3.63, 3.8) is 0 Å². The molecule has 0 aliphatic rings. The topological polar surface area (TPSA) is 12.0 Å². The Kier molecular flexibility index (Phi) is 5.49. The molecular formula is C16H7F12N.